The normalized spacial score (nSPS) is 11.4. The molecule has 0 spiro atoms. The maximum absolute atomic E-state index is 12.2. The van der Waals surface area contributed by atoms with Gasteiger partial charge in [-0.25, -0.2) is 0 Å². The van der Waals surface area contributed by atoms with E-state index in [1.54, 1.807) is 44.4 Å². The van der Waals surface area contributed by atoms with Crippen molar-refractivity contribution in [3.8, 4) is 0 Å². The fraction of sp³-hybridized carbons (Fsp3) is 0.417. The van der Waals surface area contributed by atoms with E-state index < -0.39 is 7.60 Å². The average Bonchev–Trinajstić information content (AvgIpc) is 2.30. The van der Waals surface area contributed by atoms with Crippen molar-refractivity contribution in [1.29, 1.82) is 0 Å². The summed E-state index contributed by atoms with van der Waals surface area (Å²) in [5.41, 5.74) is 1.28. The number of carbonyl (C=O) groups excluding carboxylic acids is 1. The predicted octanol–water partition coefficient (Wildman–Crippen LogP) is 2.91. The summed E-state index contributed by atoms with van der Waals surface area (Å²) in [5, 5.41) is 0. The average molecular weight is 255 g/mol. The molecule has 93 valence electrons. The van der Waals surface area contributed by atoms with Gasteiger partial charge in [0.05, 0.1) is 19.4 Å². The zero-order chi connectivity index (χ0) is 12.7. The third-order valence-corrected chi connectivity index (χ3v) is 4.16. The molecule has 0 bridgehead atoms. The van der Waals surface area contributed by atoms with Crippen molar-refractivity contribution < 1.29 is 18.4 Å². The first kappa shape index (κ1) is 14.1. The van der Waals surface area contributed by atoms with Crippen LogP contribution in [0.5, 0.6) is 0 Å². The molecule has 0 saturated carbocycles. The minimum atomic E-state index is -3.06. The van der Waals surface area contributed by atoms with Crippen LogP contribution < -0.4 is 0 Å². The minimum absolute atomic E-state index is 0.216. The van der Waals surface area contributed by atoms with Crippen molar-refractivity contribution in [3.05, 3.63) is 35.4 Å². The van der Waals surface area contributed by atoms with Crippen LogP contribution in [0.4, 0.5) is 0 Å². The van der Waals surface area contributed by atoms with Gasteiger partial charge >= 0.3 is 7.60 Å². The van der Waals surface area contributed by atoms with Crippen LogP contribution in [0, 0.1) is 0 Å². The zero-order valence-electron chi connectivity index (χ0n) is 10.0. The maximum Gasteiger partial charge on any atom is 0.335 e. The van der Waals surface area contributed by atoms with E-state index in [1.807, 2.05) is 0 Å². The second-order valence-electron chi connectivity index (χ2n) is 3.40. The van der Waals surface area contributed by atoms with Crippen molar-refractivity contribution in [2.45, 2.75) is 20.0 Å². The topological polar surface area (TPSA) is 52.6 Å². The molecule has 0 fully saturated rings. The molecule has 1 aromatic rings. The van der Waals surface area contributed by atoms with Crippen LogP contribution in [0.25, 0.3) is 0 Å². The number of hydrogen-bond donors (Lipinski definition) is 0. The smallest absolute Gasteiger partial charge is 0.309 e. The van der Waals surface area contributed by atoms with E-state index in [4.69, 9.17) is 9.05 Å². The van der Waals surface area contributed by atoms with Gasteiger partial charge in [0.2, 0.25) is 6.29 Å². The van der Waals surface area contributed by atoms with E-state index in [2.05, 4.69) is 0 Å². The first-order valence-electron chi connectivity index (χ1n) is 5.48. The lowest BCUT2D eigenvalue weighted by atomic mass is 10.2. The largest absolute Gasteiger partial charge is 0.335 e. The van der Waals surface area contributed by atoms with Crippen molar-refractivity contribution in [1.82, 2.24) is 0 Å². The van der Waals surface area contributed by atoms with Crippen molar-refractivity contribution in [3.63, 3.8) is 0 Å². The predicted molar refractivity (Wildman–Crippen MR) is 65.8 cm³/mol. The first-order chi connectivity index (χ1) is 8.13. The van der Waals surface area contributed by atoms with E-state index in [1.165, 1.54) is 0 Å². The highest BCUT2D eigenvalue weighted by atomic mass is 31.2. The third-order valence-electron chi connectivity index (χ3n) is 2.10. The fourth-order valence-corrected chi connectivity index (χ4v) is 3.13. The van der Waals surface area contributed by atoms with Crippen LogP contribution in [0.3, 0.4) is 0 Å². The minimum Gasteiger partial charge on any atom is -0.309 e. The third kappa shape index (κ3) is 4.43. The Morgan fingerprint density at radius 2 is 1.65 bits per heavy atom. The van der Waals surface area contributed by atoms with E-state index in [0.717, 1.165) is 5.56 Å². The molecule has 4 nitrogen and oxygen atoms in total. The van der Waals surface area contributed by atoms with Crippen LogP contribution in [0.15, 0.2) is 24.3 Å². The molecule has 17 heavy (non-hydrogen) atoms. The molecular formula is C12H16O4P. The summed E-state index contributed by atoms with van der Waals surface area (Å²) in [6.45, 7) is 4.24. The standard InChI is InChI=1S/C12H16O4P/c1-3-15-17(14,16-4-2)10-12-7-5-11(9-13)6-8-12/h5-8H,3-4,10H2,1-2H3. The molecule has 0 amide bonds. The summed E-state index contributed by atoms with van der Waals surface area (Å²) in [5.74, 6) is 0. The van der Waals surface area contributed by atoms with Gasteiger partial charge in [-0.3, -0.25) is 9.36 Å². The molecule has 0 saturated heterocycles. The fourth-order valence-electron chi connectivity index (χ4n) is 1.42. The number of hydrogen-bond acceptors (Lipinski definition) is 4. The monoisotopic (exact) mass is 255 g/mol. The van der Waals surface area contributed by atoms with E-state index >= 15 is 0 Å². The van der Waals surface area contributed by atoms with Crippen LogP contribution in [-0.4, -0.2) is 19.5 Å². The molecule has 0 aromatic heterocycles. The molecule has 0 atom stereocenters. The first-order valence-corrected chi connectivity index (χ1v) is 7.21. The molecular weight excluding hydrogens is 239 g/mol. The molecule has 1 aromatic carbocycles. The van der Waals surface area contributed by atoms with Crippen molar-refractivity contribution in [2.24, 2.45) is 0 Å². The molecule has 1 rings (SSSR count). The molecule has 0 aliphatic carbocycles. The Balaban J connectivity index is 2.78. The van der Waals surface area contributed by atoms with Gasteiger partial charge in [-0.05, 0) is 19.4 Å². The van der Waals surface area contributed by atoms with Gasteiger partial charge in [-0.15, -0.1) is 0 Å². The second kappa shape index (κ2) is 6.70. The van der Waals surface area contributed by atoms with Gasteiger partial charge in [-0.1, -0.05) is 24.3 Å². The molecule has 0 unspecified atom stereocenters. The Morgan fingerprint density at radius 3 is 2.06 bits per heavy atom. The summed E-state index contributed by atoms with van der Waals surface area (Å²) in [7, 11) is -3.06. The molecule has 0 aliphatic rings. The summed E-state index contributed by atoms with van der Waals surface area (Å²) in [4.78, 5) is 10.4. The Hall–Kier alpha value is -0.960. The highest BCUT2D eigenvalue weighted by Crippen LogP contribution is 2.51. The van der Waals surface area contributed by atoms with Crippen LogP contribution in [0.1, 0.15) is 25.0 Å². The Labute approximate surface area is 101 Å². The van der Waals surface area contributed by atoms with Gasteiger partial charge in [0.15, 0.2) is 0 Å². The van der Waals surface area contributed by atoms with Gasteiger partial charge in [0.25, 0.3) is 0 Å². The second-order valence-corrected chi connectivity index (χ2v) is 5.46. The van der Waals surface area contributed by atoms with Gasteiger partial charge in [-0.2, -0.15) is 0 Å². The van der Waals surface area contributed by atoms with E-state index in [0.29, 0.717) is 18.8 Å². The summed E-state index contributed by atoms with van der Waals surface area (Å²) in [6.07, 6.45) is 2.00. The van der Waals surface area contributed by atoms with Gasteiger partial charge < -0.3 is 9.05 Å². The Morgan fingerprint density at radius 1 is 1.12 bits per heavy atom. The maximum atomic E-state index is 12.2. The van der Waals surface area contributed by atoms with Crippen LogP contribution in [0.2, 0.25) is 0 Å². The summed E-state index contributed by atoms with van der Waals surface area (Å²) < 4.78 is 22.6. The Bertz CT molecular complexity index is 389. The number of benzene rings is 1. The molecule has 0 heterocycles. The van der Waals surface area contributed by atoms with Gasteiger partial charge in [0, 0.05) is 5.56 Å². The zero-order valence-corrected chi connectivity index (χ0v) is 10.9. The lowest BCUT2D eigenvalue weighted by molar-refractivity contribution is 0.219. The highest BCUT2D eigenvalue weighted by molar-refractivity contribution is 7.53. The van der Waals surface area contributed by atoms with Crippen molar-refractivity contribution in [2.75, 3.05) is 13.2 Å². The lowest BCUT2D eigenvalue weighted by Crippen LogP contribution is -1.99. The van der Waals surface area contributed by atoms with Crippen molar-refractivity contribution >= 4 is 13.9 Å². The molecule has 5 heteroatoms. The molecule has 1 radical (unpaired) electrons. The number of rotatable bonds is 7. The summed E-state index contributed by atoms with van der Waals surface area (Å²) >= 11 is 0. The van der Waals surface area contributed by atoms with Crippen LogP contribution >= 0.6 is 7.60 Å². The lowest BCUT2D eigenvalue weighted by Gasteiger charge is -2.16. The van der Waals surface area contributed by atoms with Crippen LogP contribution in [-0.2, 0) is 24.6 Å². The molecule has 0 N–H and O–H groups in total. The SMILES string of the molecule is CCOP(=O)(Cc1ccc([C]=O)cc1)OCC. The van der Waals surface area contributed by atoms with E-state index in [9.17, 15) is 9.36 Å². The molecule has 0 aliphatic heterocycles. The van der Waals surface area contributed by atoms with E-state index in [-0.39, 0.29) is 6.16 Å². The quantitative estimate of drug-likeness (QED) is 0.703. The van der Waals surface area contributed by atoms with Gasteiger partial charge in [0.1, 0.15) is 0 Å². The highest BCUT2D eigenvalue weighted by Gasteiger charge is 2.23. The Kier molecular flexibility index (Phi) is 5.56. The summed E-state index contributed by atoms with van der Waals surface area (Å²) in [6, 6.07) is 6.71.